The van der Waals surface area contributed by atoms with Crippen molar-refractivity contribution in [3.05, 3.63) is 72.7 Å². The molecule has 2 aromatic heterocycles. The highest BCUT2D eigenvalue weighted by Crippen LogP contribution is 2.34. The first kappa shape index (κ1) is 21.3. The van der Waals surface area contributed by atoms with E-state index in [9.17, 15) is 9.18 Å². The summed E-state index contributed by atoms with van der Waals surface area (Å²) in [4.78, 5) is 19.5. The quantitative estimate of drug-likeness (QED) is 0.355. The summed E-state index contributed by atoms with van der Waals surface area (Å²) in [5.41, 5.74) is 5.79. The number of imidazole rings is 1. The highest BCUT2D eigenvalue weighted by Gasteiger charge is 2.36. The van der Waals surface area contributed by atoms with Crippen LogP contribution < -0.4 is 0 Å². The van der Waals surface area contributed by atoms with Crippen molar-refractivity contribution < 1.29 is 9.18 Å². The van der Waals surface area contributed by atoms with Crippen LogP contribution in [0.3, 0.4) is 0 Å². The lowest BCUT2D eigenvalue weighted by Gasteiger charge is -2.18. The molecule has 6 nitrogen and oxygen atoms in total. The number of carbonyl (C=O) groups is 1. The summed E-state index contributed by atoms with van der Waals surface area (Å²) in [6.07, 6.45) is 4.84. The number of hydrogen-bond acceptors (Lipinski definition) is 3. The zero-order chi connectivity index (χ0) is 24.2. The summed E-state index contributed by atoms with van der Waals surface area (Å²) in [5.74, 6) is 1.44. The van der Waals surface area contributed by atoms with Crippen molar-refractivity contribution in [3.8, 4) is 22.5 Å². The average molecular weight is 480 g/mol. The second kappa shape index (κ2) is 8.29. The summed E-state index contributed by atoms with van der Waals surface area (Å²) in [6.45, 7) is 2.28. The van der Waals surface area contributed by atoms with Crippen LogP contribution >= 0.6 is 0 Å². The molecule has 36 heavy (non-hydrogen) atoms. The Morgan fingerprint density at radius 1 is 0.972 bits per heavy atom. The fourth-order valence-corrected chi connectivity index (χ4v) is 5.46. The maximum atomic E-state index is 14.2. The van der Waals surface area contributed by atoms with Crippen molar-refractivity contribution >= 4 is 27.8 Å². The van der Waals surface area contributed by atoms with Gasteiger partial charge in [-0.05, 0) is 60.6 Å². The lowest BCUT2D eigenvalue weighted by atomic mass is 10.0. The van der Waals surface area contributed by atoms with E-state index in [0.29, 0.717) is 18.4 Å². The summed E-state index contributed by atoms with van der Waals surface area (Å²) < 4.78 is 16.4. The van der Waals surface area contributed by atoms with Crippen molar-refractivity contribution in [3.63, 3.8) is 0 Å². The number of nitrogens with zero attached hydrogens (tertiary/aromatic N) is 4. The van der Waals surface area contributed by atoms with E-state index in [0.717, 1.165) is 76.8 Å². The Balaban J connectivity index is 1.21. The van der Waals surface area contributed by atoms with E-state index in [1.54, 1.807) is 12.1 Å². The molecule has 3 aromatic carbocycles. The number of hydrogen-bond donors (Lipinski definition) is 1. The average Bonchev–Trinajstić information content (AvgIpc) is 3.30. The third-order valence-corrected chi connectivity index (χ3v) is 7.59. The molecule has 1 saturated heterocycles. The Morgan fingerprint density at radius 2 is 1.78 bits per heavy atom. The van der Waals surface area contributed by atoms with E-state index in [4.69, 9.17) is 4.98 Å². The normalized spacial score (nSPS) is 17.9. The number of H-pyrrole nitrogens is 1. The standard InChI is InChI=1S/C29H26FN5O/c30-24-9-10-25-27(14-24)35(17-18-11-12-34(16-18)29(36)21-5-6-21)28(32-25)20-3-1-19(2-4-20)22-7-8-23-15-31-33-26(23)13-22/h1-4,7-10,13-15,18,21H,5-6,11-12,16-17H2,(H,31,33). The minimum atomic E-state index is -0.267. The van der Waals surface area contributed by atoms with Gasteiger partial charge >= 0.3 is 0 Å². The molecule has 1 amide bonds. The van der Waals surface area contributed by atoms with Gasteiger partial charge < -0.3 is 9.47 Å². The number of fused-ring (bicyclic) bond motifs is 2. The van der Waals surface area contributed by atoms with E-state index >= 15 is 0 Å². The Labute approximate surface area is 207 Å². The van der Waals surface area contributed by atoms with Gasteiger partial charge in [0.1, 0.15) is 11.6 Å². The molecule has 7 rings (SSSR count). The van der Waals surface area contributed by atoms with Crippen molar-refractivity contribution in [2.75, 3.05) is 13.1 Å². The van der Waals surface area contributed by atoms with Crippen molar-refractivity contribution in [1.29, 1.82) is 0 Å². The zero-order valence-electron chi connectivity index (χ0n) is 19.8. The number of rotatable bonds is 5. The third-order valence-electron chi connectivity index (χ3n) is 7.59. The summed E-state index contributed by atoms with van der Waals surface area (Å²) in [6, 6.07) is 19.4. The highest BCUT2D eigenvalue weighted by molar-refractivity contribution is 5.85. The van der Waals surface area contributed by atoms with E-state index in [2.05, 4.69) is 57.2 Å². The largest absolute Gasteiger partial charge is 0.342 e. The fourth-order valence-electron chi connectivity index (χ4n) is 5.46. The van der Waals surface area contributed by atoms with Gasteiger partial charge in [-0.25, -0.2) is 9.37 Å². The number of amides is 1. The van der Waals surface area contributed by atoms with Crippen molar-refractivity contribution in [2.45, 2.75) is 25.8 Å². The molecule has 1 unspecified atom stereocenters. The van der Waals surface area contributed by atoms with Gasteiger partial charge in [-0.1, -0.05) is 36.4 Å². The Bertz CT molecular complexity index is 1600. The predicted octanol–water partition coefficient (Wildman–Crippen LogP) is 5.64. The van der Waals surface area contributed by atoms with Gasteiger partial charge in [0, 0.05) is 36.5 Å². The van der Waals surface area contributed by atoms with Crippen LogP contribution in [0.4, 0.5) is 4.39 Å². The van der Waals surface area contributed by atoms with E-state index in [1.165, 1.54) is 6.07 Å². The topological polar surface area (TPSA) is 66.8 Å². The van der Waals surface area contributed by atoms with Crippen LogP contribution in [0.5, 0.6) is 0 Å². The first-order valence-electron chi connectivity index (χ1n) is 12.6. The van der Waals surface area contributed by atoms with Crippen LogP contribution in [-0.4, -0.2) is 43.6 Å². The highest BCUT2D eigenvalue weighted by atomic mass is 19.1. The Kier molecular flexibility index (Phi) is 4.91. The third kappa shape index (κ3) is 3.75. The van der Waals surface area contributed by atoms with Gasteiger partial charge in [-0.2, -0.15) is 5.10 Å². The van der Waals surface area contributed by atoms with Crippen LogP contribution in [0.15, 0.2) is 66.9 Å². The lowest BCUT2D eigenvalue weighted by Crippen LogP contribution is -2.30. The number of aromatic amines is 1. The van der Waals surface area contributed by atoms with Crippen LogP contribution in [0.2, 0.25) is 0 Å². The Morgan fingerprint density at radius 3 is 2.61 bits per heavy atom. The number of likely N-dealkylation sites (tertiary alicyclic amines) is 1. The molecule has 7 heteroatoms. The summed E-state index contributed by atoms with van der Waals surface area (Å²) in [7, 11) is 0. The molecule has 2 fully saturated rings. The molecular weight excluding hydrogens is 453 g/mol. The molecule has 3 heterocycles. The zero-order valence-corrected chi connectivity index (χ0v) is 19.8. The monoisotopic (exact) mass is 479 g/mol. The van der Waals surface area contributed by atoms with Gasteiger partial charge in [0.25, 0.3) is 0 Å². The number of halogens is 1. The molecule has 1 atom stereocenters. The molecule has 2 aliphatic rings. The second-order valence-corrected chi connectivity index (χ2v) is 10.1. The van der Waals surface area contributed by atoms with Gasteiger partial charge in [0.15, 0.2) is 0 Å². The SMILES string of the molecule is O=C(C1CC1)N1CCC(Cn2c(-c3ccc(-c4ccc5cn[nH]c5c4)cc3)nc3ccc(F)cc32)C1. The molecule has 0 radical (unpaired) electrons. The number of aromatic nitrogens is 4. The molecule has 5 aromatic rings. The summed E-state index contributed by atoms with van der Waals surface area (Å²) in [5, 5.41) is 8.22. The van der Waals surface area contributed by atoms with Crippen molar-refractivity contribution in [2.24, 2.45) is 11.8 Å². The number of nitrogens with one attached hydrogen (secondary N) is 1. The van der Waals surface area contributed by atoms with Gasteiger partial charge in [-0.15, -0.1) is 0 Å². The van der Waals surface area contributed by atoms with Crippen LogP contribution in [-0.2, 0) is 11.3 Å². The van der Waals surface area contributed by atoms with E-state index in [1.807, 2.05) is 11.1 Å². The van der Waals surface area contributed by atoms with E-state index in [-0.39, 0.29) is 11.7 Å². The molecule has 1 aliphatic heterocycles. The molecule has 1 aliphatic carbocycles. The van der Waals surface area contributed by atoms with Crippen LogP contribution in [0.25, 0.3) is 44.5 Å². The maximum Gasteiger partial charge on any atom is 0.225 e. The lowest BCUT2D eigenvalue weighted by molar-refractivity contribution is -0.131. The molecular formula is C29H26FN5O. The smallest absolute Gasteiger partial charge is 0.225 e. The number of benzene rings is 3. The number of carbonyl (C=O) groups excluding carboxylic acids is 1. The first-order valence-corrected chi connectivity index (χ1v) is 12.6. The second-order valence-electron chi connectivity index (χ2n) is 10.1. The minimum absolute atomic E-state index is 0.245. The Hall–Kier alpha value is -4.00. The molecule has 1 saturated carbocycles. The minimum Gasteiger partial charge on any atom is -0.342 e. The van der Waals surface area contributed by atoms with Gasteiger partial charge in [0.2, 0.25) is 5.91 Å². The van der Waals surface area contributed by atoms with Gasteiger partial charge in [-0.3, -0.25) is 9.89 Å². The van der Waals surface area contributed by atoms with E-state index < -0.39 is 0 Å². The molecule has 180 valence electrons. The maximum absolute atomic E-state index is 14.2. The van der Waals surface area contributed by atoms with Gasteiger partial charge in [0.05, 0.1) is 22.7 Å². The first-order chi connectivity index (χ1) is 17.6. The molecule has 0 bridgehead atoms. The van der Waals surface area contributed by atoms with Crippen LogP contribution in [0, 0.1) is 17.7 Å². The molecule has 1 N–H and O–H groups in total. The van der Waals surface area contributed by atoms with Crippen molar-refractivity contribution in [1.82, 2.24) is 24.6 Å². The summed E-state index contributed by atoms with van der Waals surface area (Å²) >= 11 is 0. The van der Waals surface area contributed by atoms with Crippen LogP contribution in [0.1, 0.15) is 19.3 Å². The molecule has 0 spiro atoms. The fraction of sp³-hybridized carbons (Fsp3) is 0.276. The predicted molar refractivity (Wildman–Crippen MR) is 138 cm³/mol.